The van der Waals surface area contributed by atoms with Crippen LogP contribution in [0.4, 0.5) is 0 Å². The van der Waals surface area contributed by atoms with E-state index in [-0.39, 0.29) is 0 Å². The van der Waals surface area contributed by atoms with E-state index in [0.29, 0.717) is 11.3 Å². The van der Waals surface area contributed by atoms with Crippen LogP contribution in [0.2, 0.25) is 0 Å². The fraction of sp³-hybridized carbons (Fsp3) is 0.938. The lowest BCUT2D eigenvalue weighted by molar-refractivity contribution is -0.133. The highest BCUT2D eigenvalue weighted by Gasteiger charge is 2.30. The van der Waals surface area contributed by atoms with E-state index in [1.165, 1.54) is 19.3 Å². The van der Waals surface area contributed by atoms with Crippen LogP contribution in [-0.2, 0) is 4.79 Å². The lowest BCUT2D eigenvalue weighted by atomic mass is 9.75. The minimum atomic E-state index is 0.388. The minimum absolute atomic E-state index is 0.388. The topological polar surface area (TPSA) is 32.3 Å². The van der Waals surface area contributed by atoms with Crippen LogP contribution < -0.4 is 5.32 Å². The molecule has 3 nitrogen and oxygen atoms in total. The van der Waals surface area contributed by atoms with Crippen LogP contribution in [0.5, 0.6) is 0 Å². The Morgan fingerprint density at radius 2 is 1.89 bits per heavy atom. The zero-order chi connectivity index (χ0) is 13.9. The summed E-state index contributed by atoms with van der Waals surface area (Å²) in [6.07, 6.45) is 5.44. The van der Waals surface area contributed by atoms with E-state index in [1.54, 1.807) is 0 Å². The van der Waals surface area contributed by atoms with E-state index < -0.39 is 0 Å². The molecule has 0 spiro atoms. The molecule has 1 unspecified atom stereocenters. The van der Waals surface area contributed by atoms with Crippen molar-refractivity contribution in [3.05, 3.63) is 0 Å². The molecule has 110 valence electrons. The van der Waals surface area contributed by atoms with Crippen molar-refractivity contribution < 1.29 is 4.79 Å². The molecule has 2 saturated heterocycles. The first-order valence-corrected chi connectivity index (χ1v) is 7.95. The summed E-state index contributed by atoms with van der Waals surface area (Å²) in [6.45, 7) is 11.2. The summed E-state index contributed by atoms with van der Waals surface area (Å²) in [6, 6.07) is 0. The Morgan fingerprint density at radius 1 is 1.21 bits per heavy atom. The van der Waals surface area contributed by atoms with Crippen molar-refractivity contribution in [3.8, 4) is 0 Å². The van der Waals surface area contributed by atoms with Gasteiger partial charge >= 0.3 is 0 Å². The number of carbonyl (C=O) groups excluding carboxylic acids is 1. The molecule has 0 aromatic rings. The molecule has 0 aliphatic carbocycles. The van der Waals surface area contributed by atoms with E-state index in [0.717, 1.165) is 50.9 Å². The van der Waals surface area contributed by atoms with Crippen LogP contribution in [0.3, 0.4) is 0 Å². The van der Waals surface area contributed by atoms with Crippen molar-refractivity contribution in [2.75, 3.05) is 26.2 Å². The second-order valence-electron chi connectivity index (χ2n) is 7.42. The monoisotopic (exact) mass is 266 g/mol. The standard InChI is InChI=1S/C16H30N2O/c1-16(2,3)14-7-10-18(11-8-14)15(19)5-4-13-6-9-17-12-13/h13-14,17H,4-12H2,1-3H3. The summed E-state index contributed by atoms with van der Waals surface area (Å²) in [5.41, 5.74) is 0.394. The molecule has 2 fully saturated rings. The van der Waals surface area contributed by atoms with E-state index in [1.807, 2.05) is 0 Å². The number of hydrogen-bond acceptors (Lipinski definition) is 2. The summed E-state index contributed by atoms with van der Waals surface area (Å²) in [5.74, 6) is 1.89. The number of hydrogen-bond donors (Lipinski definition) is 1. The lowest BCUT2D eigenvalue weighted by Gasteiger charge is -2.38. The average molecular weight is 266 g/mol. The van der Waals surface area contributed by atoms with E-state index in [4.69, 9.17) is 0 Å². The first-order valence-electron chi connectivity index (χ1n) is 7.95. The fourth-order valence-corrected chi connectivity index (χ4v) is 3.44. The van der Waals surface area contributed by atoms with Gasteiger partial charge in [0.1, 0.15) is 0 Å². The summed E-state index contributed by atoms with van der Waals surface area (Å²) in [5, 5.41) is 3.37. The number of rotatable bonds is 3. The van der Waals surface area contributed by atoms with Gasteiger partial charge in [0.05, 0.1) is 0 Å². The maximum absolute atomic E-state index is 12.2. The van der Waals surface area contributed by atoms with Crippen LogP contribution >= 0.6 is 0 Å². The fourth-order valence-electron chi connectivity index (χ4n) is 3.44. The van der Waals surface area contributed by atoms with Gasteiger partial charge in [-0.2, -0.15) is 0 Å². The number of amides is 1. The molecular formula is C16H30N2O. The molecule has 2 heterocycles. The Bertz CT molecular complexity index is 294. The molecule has 2 aliphatic rings. The van der Waals surface area contributed by atoms with Gasteiger partial charge in [-0.1, -0.05) is 20.8 Å². The van der Waals surface area contributed by atoms with Gasteiger partial charge in [-0.25, -0.2) is 0 Å². The van der Waals surface area contributed by atoms with Crippen molar-refractivity contribution >= 4 is 5.91 Å². The minimum Gasteiger partial charge on any atom is -0.343 e. The highest BCUT2D eigenvalue weighted by atomic mass is 16.2. The summed E-state index contributed by atoms with van der Waals surface area (Å²) < 4.78 is 0. The van der Waals surface area contributed by atoms with E-state index in [2.05, 4.69) is 31.0 Å². The van der Waals surface area contributed by atoms with E-state index in [9.17, 15) is 4.79 Å². The van der Waals surface area contributed by atoms with Crippen molar-refractivity contribution in [3.63, 3.8) is 0 Å². The van der Waals surface area contributed by atoms with E-state index >= 15 is 0 Å². The van der Waals surface area contributed by atoms with Crippen molar-refractivity contribution in [2.45, 2.75) is 52.9 Å². The third-order valence-electron chi connectivity index (χ3n) is 5.00. The number of nitrogens with one attached hydrogen (secondary N) is 1. The SMILES string of the molecule is CC(C)(C)C1CCN(C(=O)CCC2CCNC2)CC1. The molecule has 0 aromatic heterocycles. The Morgan fingerprint density at radius 3 is 2.42 bits per heavy atom. The lowest BCUT2D eigenvalue weighted by Crippen LogP contribution is -2.41. The van der Waals surface area contributed by atoms with Crippen molar-refractivity contribution in [2.24, 2.45) is 17.3 Å². The van der Waals surface area contributed by atoms with Gasteiger partial charge in [-0.05, 0) is 56.0 Å². The Balaban J connectivity index is 1.70. The van der Waals surface area contributed by atoms with Crippen molar-refractivity contribution in [1.29, 1.82) is 0 Å². The smallest absolute Gasteiger partial charge is 0.222 e. The Hall–Kier alpha value is -0.570. The highest BCUT2D eigenvalue weighted by molar-refractivity contribution is 5.76. The average Bonchev–Trinajstić information content (AvgIpc) is 2.88. The van der Waals surface area contributed by atoms with Crippen molar-refractivity contribution in [1.82, 2.24) is 10.2 Å². The molecule has 0 aromatic carbocycles. The maximum Gasteiger partial charge on any atom is 0.222 e. The largest absolute Gasteiger partial charge is 0.343 e. The van der Waals surface area contributed by atoms with Gasteiger partial charge in [0.2, 0.25) is 5.91 Å². The van der Waals surface area contributed by atoms with Gasteiger partial charge < -0.3 is 10.2 Å². The maximum atomic E-state index is 12.2. The number of nitrogens with zero attached hydrogens (tertiary/aromatic N) is 1. The number of likely N-dealkylation sites (tertiary alicyclic amines) is 1. The molecular weight excluding hydrogens is 236 g/mol. The van der Waals surface area contributed by atoms with Gasteiger partial charge in [0.15, 0.2) is 0 Å². The zero-order valence-electron chi connectivity index (χ0n) is 12.9. The molecule has 2 rings (SSSR count). The van der Waals surface area contributed by atoms with Crippen LogP contribution in [0.25, 0.3) is 0 Å². The molecule has 0 radical (unpaired) electrons. The molecule has 3 heteroatoms. The molecule has 19 heavy (non-hydrogen) atoms. The van der Waals surface area contributed by atoms with Gasteiger partial charge in [0.25, 0.3) is 0 Å². The molecule has 0 bridgehead atoms. The molecule has 0 saturated carbocycles. The number of carbonyl (C=O) groups is 1. The Kier molecular flexibility index (Phi) is 4.88. The van der Waals surface area contributed by atoms with Gasteiger partial charge in [0, 0.05) is 19.5 Å². The molecule has 1 amide bonds. The van der Waals surface area contributed by atoms with Crippen LogP contribution in [-0.4, -0.2) is 37.0 Å². The predicted octanol–water partition coefficient (Wildman–Crippen LogP) is 2.66. The van der Waals surface area contributed by atoms with Crippen LogP contribution in [0.15, 0.2) is 0 Å². The first kappa shape index (κ1) is 14.8. The normalized spacial score (nSPS) is 25.8. The quantitative estimate of drug-likeness (QED) is 0.852. The van der Waals surface area contributed by atoms with Crippen LogP contribution in [0.1, 0.15) is 52.9 Å². The summed E-state index contributed by atoms with van der Waals surface area (Å²) in [4.78, 5) is 14.3. The second-order valence-corrected chi connectivity index (χ2v) is 7.42. The van der Waals surface area contributed by atoms with Gasteiger partial charge in [-0.15, -0.1) is 0 Å². The highest BCUT2D eigenvalue weighted by Crippen LogP contribution is 2.34. The van der Waals surface area contributed by atoms with Gasteiger partial charge in [-0.3, -0.25) is 4.79 Å². The Labute approximate surface area is 118 Å². The molecule has 2 aliphatic heterocycles. The predicted molar refractivity (Wildman–Crippen MR) is 79.0 cm³/mol. The first-order chi connectivity index (χ1) is 8.97. The van der Waals surface area contributed by atoms with Crippen LogP contribution in [0, 0.1) is 17.3 Å². The number of piperidine rings is 1. The molecule has 1 atom stereocenters. The third-order valence-corrected chi connectivity index (χ3v) is 5.00. The molecule has 1 N–H and O–H groups in total. The zero-order valence-corrected chi connectivity index (χ0v) is 12.9. The summed E-state index contributed by atoms with van der Waals surface area (Å²) >= 11 is 0. The third kappa shape index (κ3) is 4.20. The summed E-state index contributed by atoms with van der Waals surface area (Å²) in [7, 11) is 0. The second kappa shape index (κ2) is 6.25.